The van der Waals surface area contributed by atoms with E-state index in [4.69, 9.17) is 0 Å². The van der Waals surface area contributed by atoms with Crippen molar-refractivity contribution in [1.82, 2.24) is 44.6 Å². The Morgan fingerprint density at radius 1 is 0.388 bits per heavy atom. The molecule has 3 aliphatic rings. The van der Waals surface area contributed by atoms with E-state index in [0.717, 1.165) is 52.6 Å². The number of allylic oxidation sites excluding steroid dienone is 2. The molecule has 2 saturated carbocycles. The molecule has 9 aromatic rings. The number of aromatic nitrogens is 9. The Bertz CT molecular complexity index is 2800. The number of hydrogen-bond donors (Lipinski definition) is 0. The standard InChI is InChI=1S/C9H18.C9H16.C9H12.3C8H11N.C8H16.C7H10N2.C7H10S.C6H10N2.C6H9NO.C6H9NS/c3*1-8(2)9-6-4-3-5-7-9;1-7(2)8-3-5-9-6-4-8;1-7(2)8-4-3-5-9-6-8;1-7(2)8-5-3-4-6-9-8;1-7(2)8-5-3-4-6-8;1-6(2)7-3-4-8-5-9-7;1-6(2)7-4-3-5-8-7;1-6(2)8-4-3-7-5-8;1-5(2)6-3-4-8-7-6;1-5(2)6-7-3-4-8-6/h8-9H,3-7H2,1-2H3;4,6,8-9H,3,5,7H2,1-2H3;3-8H,1-2H3;3*3-7H,1-2H3;7-8H,3-6H2,1-2H3;3-6H,1-2H3;2*3-6H,1-2H3;2*3-5H,1-2H3. The number of imidazole rings is 1. The van der Waals surface area contributed by atoms with E-state index in [1.54, 1.807) is 42.5 Å². The van der Waals surface area contributed by atoms with Gasteiger partial charge in [-0.15, -0.1) is 22.7 Å². The molecule has 0 bridgehead atoms. The van der Waals surface area contributed by atoms with Gasteiger partial charge in [0.15, 0.2) is 0 Å². The number of thiophene rings is 1. The van der Waals surface area contributed by atoms with Crippen molar-refractivity contribution in [1.29, 1.82) is 0 Å². The summed E-state index contributed by atoms with van der Waals surface area (Å²) in [6.07, 6.45) is 43.8. The van der Waals surface area contributed by atoms with Gasteiger partial charge in [-0.05, 0) is 175 Å². The van der Waals surface area contributed by atoms with Crippen LogP contribution in [0, 0.1) is 35.5 Å². The molecule has 0 amide bonds. The number of hydrogen-bond acceptors (Lipinski definition) is 11. The van der Waals surface area contributed by atoms with Crippen molar-refractivity contribution in [3.05, 3.63) is 238 Å². The fourth-order valence-corrected chi connectivity index (χ4v) is 12.1. The minimum Gasteiger partial charge on any atom is -0.365 e. The molecule has 0 aliphatic heterocycles. The molecule has 12 rings (SSSR count). The lowest BCUT2D eigenvalue weighted by Gasteiger charge is -2.24. The summed E-state index contributed by atoms with van der Waals surface area (Å²) in [5, 5.41) is 9.10. The van der Waals surface area contributed by atoms with Crippen LogP contribution < -0.4 is 0 Å². The average molecular weight is 1440 g/mol. The Labute approximate surface area is 638 Å². The lowest BCUT2D eigenvalue weighted by molar-refractivity contribution is 0.279. The molecule has 103 heavy (non-hydrogen) atoms. The highest BCUT2D eigenvalue weighted by molar-refractivity contribution is 7.10. The molecule has 0 N–H and O–H groups in total. The lowest BCUT2D eigenvalue weighted by atomic mass is 9.82. The van der Waals surface area contributed by atoms with Crippen molar-refractivity contribution in [2.24, 2.45) is 35.5 Å². The molecule has 8 aromatic heterocycles. The quantitative estimate of drug-likeness (QED) is 0.110. The summed E-state index contributed by atoms with van der Waals surface area (Å²) < 4.78 is 6.68. The Balaban J connectivity index is 0.000000562. The van der Waals surface area contributed by atoms with Gasteiger partial charge < -0.3 is 9.09 Å². The molecule has 0 saturated heterocycles. The number of pyridine rings is 3. The predicted octanol–water partition coefficient (Wildman–Crippen LogP) is 28.5. The predicted molar refractivity (Wildman–Crippen MR) is 449 cm³/mol. The van der Waals surface area contributed by atoms with Gasteiger partial charge in [-0.1, -0.05) is 276 Å². The Morgan fingerprint density at radius 3 is 1.24 bits per heavy atom. The van der Waals surface area contributed by atoms with Crippen LogP contribution in [0.1, 0.15) is 340 Å². The van der Waals surface area contributed by atoms with Gasteiger partial charge in [-0.25, -0.2) is 19.9 Å². The molecule has 0 spiro atoms. The summed E-state index contributed by atoms with van der Waals surface area (Å²) in [6, 6.07) is 33.3. The van der Waals surface area contributed by atoms with Crippen molar-refractivity contribution in [2.75, 3.05) is 0 Å². The van der Waals surface area contributed by atoms with E-state index in [0.29, 0.717) is 53.4 Å². The molecular formula is C91H143N9OS2. The van der Waals surface area contributed by atoms with Crippen LogP contribution in [0.4, 0.5) is 0 Å². The highest BCUT2D eigenvalue weighted by Gasteiger charge is 2.18. The van der Waals surface area contributed by atoms with Crippen LogP contribution in [-0.4, -0.2) is 44.6 Å². The third kappa shape index (κ3) is 47.3. The van der Waals surface area contributed by atoms with Crippen LogP contribution in [0.5, 0.6) is 0 Å². The molecule has 570 valence electrons. The Morgan fingerprint density at radius 2 is 0.951 bits per heavy atom. The third-order valence-corrected chi connectivity index (χ3v) is 20.2. The van der Waals surface area contributed by atoms with Gasteiger partial charge in [0.05, 0.1) is 17.0 Å². The molecule has 8 heterocycles. The molecule has 12 heteroatoms. The fraction of sp³-hybridized carbons (Fsp3) is 0.560. The second-order valence-corrected chi connectivity index (χ2v) is 32.6. The van der Waals surface area contributed by atoms with Gasteiger partial charge in [-0.3, -0.25) is 15.0 Å². The monoisotopic (exact) mass is 1440 g/mol. The number of benzene rings is 1. The van der Waals surface area contributed by atoms with Gasteiger partial charge in [0.1, 0.15) is 12.6 Å². The summed E-state index contributed by atoms with van der Waals surface area (Å²) in [4.78, 5) is 29.5. The number of rotatable bonds is 12. The van der Waals surface area contributed by atoms with Crippen LogP contribution in [0.25, 0.3) is 0 Å². The minimum absolute atomic E-state index is 0.480. The fourth-order valence-electron chi connectivity index (χ4n) is 10.7. The van der Waals surface area contributed by atoms with E-state index in [-0.39, 0.29) is 0 Å². The Kier molecular flexibility index (Phi) is 53.5. The average Bonchev–Trinajstić information content (AvgIpc) is 1.19. The second-order valence-electron chi connectivity index (χ2n) is 30.7. The summed E-state index contributed by atoms with van der Waals surface area (Å²) in [5.74, 6) is 10.4. The van der Waals surface area contributed by atoms with Gasteiger partial charge in [0.25, 0.3) is 0 Å². The highest BCUT2D eigenvalue weighted by atomic mass is 32.1. The van der Waals surface area contributed by atoms with Crippen LogP contribution in [-0.2, 0) is 0 Å². The van der Waals surface area contributed by atoms with Crippen LogP contribution >= 0.6 is 22.7 Å². The minimum atomic E-state index is 0.480. The topological polar surface area (TPSA) is 121 Å². The van der Waals surface area contributed by atoms with E-state index < -0.39 is 0 Å². The lowest BCUT2D eigenvalue weighted by Crippen LogP contribution is -2.12. The first-order valence-electron chi connectivity index (χ1n) is 39.1. The maximum atomic E-state index is 4.63. The first-order chi connectivity index (χ1) is 49.2. The summed E-state index contributed by atoms with van der Waals surface area (Å²) >= 11 is 3.55. The zero-order valence-corrected chi connectivity index (χ0v) is 70.5. The zero-order chi connectivity index (χ0) is 76.7. The third-order valence-electron chi connectivity index (χ3n) is 18.0. The largest absolute Gasteiger partial charge is 0.365 e. The molecule has 0 radical (unpaired) electrons. The highest BCUT2D eigenvalue weighted by Crippen LogP contribution is 2.31. The number of thiazole rings is 1. The van der Waals surface area contributed by atoms with E-state index in [9.17, 15) is 0 Å². The van der Waals surface area contributed by atoms with Crippen LogP contribution in [0.15, 0.2) is 199 Å². The van der Waals surface area contributed by atoms with Crippen molar-refractivity contribution in [2.45, 2.75) is 297 Å². The maximum Gasteiger partial charge on any atom is 0.124 e. The van der Waals surface area contributed by atoms with Crippen molar-refractivity contribution < 1.29 is 4.52 Å². The van der Waals surface area contributed by atoms with E-state index in [1.807, 2.05) is 115 Å². The molecule has 1 unspecified atom stereocenters. The van der Waals surface area contributed by atoms with E-state index >= 15 is 0 Å². The van der Waals surface area contributed by atoms with Crippen molar-refractivity contribution in [3.63, 3.8) is 0 Å². The van der Waals surface area contributed by atoms with Crippen LogP contribution in [0.3, 0.4) is 0 Å². The second kappa shape index (κ2) is 58.5. The summed E-state index contributed by atoms with van der Waals surface area (Å²) in [6.45, 7) is 52.8. The molecule has 2 fully saturated rings. The maximum absolute atomic E-state index is 4.63. The normalized spacial score (nSPS) is 13.8. The zero-order valence-electron chi connectivity index (χ0n) is 68.9. The SMILES string of the molecule is CC(C)C1C=CCCC1.CC(C)C1CCCC1.CC(C)C1CCCCC1.CC(C)c1ccccc1.CC(C)c1ccccn1.CC(C)c1cccnc1.CC(C)c1cccs1.CC(C)c1ccncc1.CC(C)c1ccncn1.CC(C)c1ccon1.CC(C)c1nccs1.CC(C)n1ccnc1. The van der Waals surface area contributed by atoms with Gasteiger partial charge >= 0.3 is 0 Å². The Hall–Kier alpha value is -6.76. The van der Waals surface area contributed by atoms with Crippen LogP contribution in [0.2, 0.25) is 0 Å². The van der Waals surface area contributed by atoms with E-state index in [2.05, 4.69) is 275 Å². The molecule has 3 aliphatic carbocycles. The number of nitrogens with zero attached hydrogens (tertiary/aromatic N) is 9. The van der Waals surface area contributed by atoms with Gasteiger partial charge in [0, 0.05) is 95.4 Å². The van der Waals surface area contributed by atoms with Gasteiger partial charge in [0.2, 0.25) is 0 Å². The summed E-state index contributed by atoms with van der Waals surface area (Å²) in [5.41, 5.74) is 7.35. The first-order valence-corrected chi connectivity index (χ1v) is 40.9. The molecular weight excluding hydrogens is 1300 g/mol. The smallest absolute Gasteiger partial charge is 0.124 e. The molecule has 1 atom stereocenters. The van der Waals surface area contributed by atoms with Gasteiger partial charge in [-0.2, -0.15) is 0 Å². The molecule has 1 aromatic carbocycles. The summed E-state index contributed by atoms with van der Waals surface area (Å²) in [7, 11) is 0. The van der Waals surface area contributed by atoms with E-state index in [1.165, 1.54) is 104 Å². The van der Waals surface area contributed by atoms with Crippen molar-refractivity contribution in [3.8, 4) is 0 Å². The first kappa shape index (κ1) is 94.3. The molecule has 10 nitrogen and oxygen atoms in total. The van der Waals surface area contributed by atoms with Crippen molar-refractivity contribution >= 4 is 22.7 Å².